The van der Waals surface area contributed by atoms with Crippen molar-refractivity contribution >= 4 is 11.6 Å². The first-order valence-corrected chi connectivity index (χ1v) is 8.93. The van der Waals surface area contributed by atoms with Gasteiger partial charge in [-0.3, -0.25) is 0 Å². The molecule has 2 aromatic rings. The van der Waals surface area contributed by atoms with E-state index < -0.39 is 0 Å². The van der Waals surface area contributed by atoms with Crippen LogP contribution in [-0.4, -0.2) is 55.0 Å². The van der Waals surface area contributed by atoms with Gasteiger partial charge in [0.05, 0.1) is 6.54 Å². The monoisotopic (exact) mass is 360 g/mol. The zero-order valence-corrected chi connectivity index (χ0v) is 15.0. The molecule has 7 heteroatoms. The lowest BCUT2D eigenvalue weighted by Gasteiger charge is -2.33. The van der Waals surface area contributed by atoms with Gasteiger partial charge in [-0.2, -0.15) is 0 Å². The smallest absolute Gasteiger partial charge is 0.165 e. The molecule has 6 nitrogen and oxygen atoms in total. The average Bonchev–Trinajstić information content (AvgIpc) is 2.69. The van der Waals surface area contributed by atoms with Crippen LogP contribution in [0, 0.1) is 11.7 Å². The highest BCUT2D eigenvalue weighted by atomic mass is 19.1. The number of ether oxygens (including phenoxy) is 1. The lowest BCUT2D eigenvalue weighted by atomic mass is 9.99. The van der Waals surface area contributed by atoms with Gasteiger partial charge in [-0.15, -0.1) is 0 Å². The van der Waals surface area contributed by atoms with Crippen LogP contribution in [0.1, 0.15) is 12.8 Å². The number of aliphatic hydroxyl groups is 1. The number of aromatic nitrogens is 2. The van der Waals surface area contributed by atoms with E-state index in [1.54, 1.807) is 24.5 Å². The van der Waals surface area contributed by atoms with Crippen LogP contribution >= 0.6 is 0 Å². The third-order valence-electron chi connectivity index (χ3n) is 4.65. The molecule has 0 amide bonds. The Morgan fingerprint density at radius 1 is 1.35 bits per heavy atom. The zero-order valence-electron chi connectivity index (χ0n) is 15.0. The molecule has 1 N–H and O–H groups in total. The van der Waals surface area contributed by atoms with Crippen molar-refractivity contribution in [1.82, 2.24) is 9.97 Å². The summed E-state index contributed by atoms with van der Waals surface area (Å²) < 4.78 is 19.1. The number of anilines is 2. The van der Waals surface area contributed by atoms with Gasteiger partial charge < -0.3 is 19.6 Å². The fraction of sp³-hybridized carbons (Fsp3) is 0.474. The maximum Gasteiger partial charge on any atom is 0.165 e. The fourth-order valence-corrected chi connectivity index (χ4v) is 3.11. The van der Waals surface area contributed by atoms with Crippen molar-refractivity contribution in [2.75, 3.05) is 49.7 Å². The summed E-state index contributed by atoms with van der Waals surface area (Å²) in [6, 6.07) is 8.33. The molecule has 3 rings (SSSR count). The molecule has 1 fully saturated rings. The second-order valence-electron chi connectivity index (χ2n) is 6.57. The first kappa shape index (κ1) is 18.4. The predicted octanol–water partition coefficient (Wildman–Crippen LogP) is 2.34. The third-order valence-corrected chi connectivity index (χ3v) is 4.65. The summed E-state index contributed by atoms with van der Waals surface area (Å²) in [5, 5.41) is 9.40. The molecule has 0 radical (unpaired) electrons. The predicted molar refractivity (Wildman–Crippen MR) is 99.2 cm³/mol. The third kappa shape index (κ3) is 4.60. The van der Waals surface area contributed by atoms with E-state index in [1.807, 2.05) is 18.0 Å². The first-order chi connectivity index (χ1) is 12.7. The molecule has 0 saturated carbocycles. The molecule has 1 atom stereocenters. The van der Waals surface area contributed by atoms with Gasteiger partial charge in [0.2, 0.25) is 0 Å². The second-order valence-corrected chi connectivity index (χ2v) is 6.57. The van der Waals surface area contributed by atoms with Gasteiger partial charge in [0.1, 0.15) is 24.6 Å². The highest BCUT2D eigenvalue weighted by Crippen LogP contribution is 2.23. The molecule has 0 bridgehead atoms. The van der Waals surface area contributed by atoms with E-state index in [0.29, 0.717) is 19.1 Å². The lowest BCUT2D eigenvalue weighted by molar-refractivity contribution is 0.208. The normalized spacial score (nSPS) is 17.2. The summed E-state index contributed by atoms with van der Waals surface area (Å²) in [7, 11) is 1.92. The second kappa shape index (κ2) is 8.80. The Morgan fingerprint density at radius 3 is 3.00 bits per heavy atom. The molecule has 140 valence electrons. The summed E-state index contributed by atoms with van der Waals surface area (Å²) in [6.07, 6.45) is 3.66. The number of piperidine rings is 1. The Balaban J connectivity index is 1.57. The minimum atomic E-state index is -0.358. The van der Waals surface area contributed by atoms with Crippen LogP contribution in [0.4, 0.5) is 16.0 Å². The molecule has 1 aliphatic rings. The van der Waals surface area contributed by atoms with Crippen LogP contribution in [0.15, 0.2) is 36.7 Å². The minimum absolute atomic E-state index is 0.210. The lowest BCUT2D eigenvalue weighted by Crippen LogP contribution is -2.37. The molecule has 26 heavy (non-hydrogen) atoms. The van der Waals surface area contributed by atoms with E-state index in [4.69, 9.17) is 4.74 Å². The molecule has 0 spiro atoms. The minimum Gasteiger partial charge on any atom is -0.489 e. The van der Waals surface area contributed by atoms with Gasteiger partial charge in [-0.1, -0.05) is 12.1 Å². The van der Waals surface area contributed by atoms with Crippen molar-refractivity contribution < 1.29 is 14.2 Å². The van der Waals surface area contributed by atoms with E-state index in [-0.39, 0.29) is 18.2 Å². The van der Waals surface area contributed by atoms with E-state index in [9.17, 15) is 9.50 Å². The van der Waals surface area contributed by atoms with Crippen molar-refractivity contribution in [1.29, 1.82) is 0 Å². The van der Waals surface area contributed by atoms with E-state index in [1.165, 1.54) is 6.07 Å². The summed E-state index contributed by atoms with van der Waals surface area (Å²) in [6.45, 7) is 2.89. The van der Waals surface area contributed by atoms with Gasteiger partial charge >= 0.3 is 0 Å². The molecular weight excluding hydrogens is 335 g/mol. The van der Waals surface area contributed by atoms with Crippen molar-refractivity contribution in [3.05, 3.63) is 42.5 Å². The van der Waals surface area contributed by atoms with Crippen molar-refractivity contribution in [3.8, 4) is 5.75 Å². The Labute approximate surface area is 153 Å². The number of aliphatic hydroxyl groups excluding tert-OH is 1. The van der Waals surface area contributed by atoms with Crippen LogP contribution in [0.25, 0.3) is 0 Å². The topological polar surface area (TPSA) is 61.7 Å². The average molecular weight is 360 g/mol. The van der Waals surface area contributed by atoms with Crippen molar-refractivity contribution in [3.63, 3.8) is 0 Å². The maximum absolute atomic E-state index is 13.6. The number of likely N-dealkylation sites (N-methyl/N-ethyl adjacent to an activating group) is 1. The zero-order chi connectivity index (χ0) is 18.4. The largest absolute Gasteiger partial charge is 0.489 e. The van der Waals surface area contributed by atoms with E-state index in [2.05, 4.69) is 14.9 Å². The highest BCUT2D eigenvalue weighted by Gasteiger charge is 2.21. The molecule has 1 aromatic heterocycles. The fourth-order valence-electron chi connectivity index (χ4n) is 3.11. The summed E-state index contributed by atoms with van der Waals surface area (Å²) in [4.78, 5) is 12.9. The van der Waals surface area contributed by atoms with Gasteiger partial charge in [0.15, 0.2) is 11.6 Å². The van der Waals surface area contributed by atoms with Crippen LogP contribution in [0.3, 0.4) is 0 Å². The van der Waals surface area contributed by atoms with Gasteiger partial charge in [0.25, 0.3) is 0 Å². The summed E-state index contributed by atoms with van der Waals surface area (Å²) in [5.41, 5.74) is 0. The molecular formula is C19H25FN4O2. The first-order valence-electron chi connectivity index (χ1n) is 8.93. The maximum atomic E-state index is 13.6. The molecule has 2 heterocycles. The summed E-state index contributed by atoms with van der Waals surface area (Å²) in [5.74, 6) is 1.86. The highest BCUT2D eigenvalue weighted by molar-refractivity contribution is 5.50. The van der Waals surface area contributed by atoms with Crippen molar-refractivity contribution in [2.24, 2.45) is 5.92 Å². The Morgan fingerprint density at radius 2 is 2.19 bits per heavy atom. The van der Waals surface area contributed by atoms with Crippen molar-refractivity contribution in [2.45, 2.75) is 12.8 Å². The number of rotatable bonds is 7. The van der Waals surface area contributed by atoms with E-state index >= 15 is 0 Å². The van der Waals surface area contributed by atoms with Crippen LogP contribution in [0.2, 0.25) is 0 Å². The quantitative estimate of drug-likeness (QED) is 0.818. The van der Waals surface area contributed by atoms with Crippen LogP contribution in [0.5, 0.6) is 5.75 Å². The van der Waals surface area contributed by atoms with Gasteiger partial charge in [-0.25, -0.2) is 14.4 Å². The molecule has 1 unspecified atom stereocenters. The van der Waals surface area contributed by atoms with Crippen LogP contribution in [-0.2, 0) is 0 Å². The molecule has 1 aliphatic heterocycles. The number of hydrogen-bond donors (Lipinski definition) is 1. The number of hydrogen-bond acceptors (Lipinski definition) is 6. The standard InChI is InChI=1S/C19H25FN4O2/c1-23(9-10-26-17-7-3-2-6-16(17)20)18-11-19(22-14-21-18)24-8-4-5-15(12-24)13-25/h2-3,6-7,11,14-15,25H,4-5,8-10,12-13H2,1H3. The Bertz CT molecular complexity index is 715. The van der Waals surface area contributed by atoms with Crippen LogP contribution < -0.4 is 14.5 Å². The number of para-hydroxylation sites is 1. The molecule has 1 saturated heterocycles. The Kier molecular flexibility index (Phi) is 6.22. The van der Waals surface area contributed by atoms with E-state index in [0.717, 1.165) is 37.6 Å². The summed E-state index contributed by atoms with van der Waals surface area (Å²) >= 11 is 0. The Hall–Kier alpha value is -2.41. The molecule has 1 aromatic carbocycles. The number of benzene rings is 1. The van der Waals surface area contributed by atoms with Gasteiger partial charge in [-0.05, 0) is 30.9 Å². The number of halogens is 1. The molecule has 0 aliphatic carbocycles. The number of nitrogens with zero attached hydrogens (tertiary/aromatic N) is 4. The SMILES string of the molecule is CN(CCOc1ccccc1F)c1cc(N2CCCC(CO)C2)ncn1. The van der Waals surface area contributed by atoms with Gasteiger partial charge in [0, 0.05) is 32.8 Å².